The van der Waals surface area contributed by atoms with Crippen molar-refractivity contribution in [1.82, 2.24) is 5.32 Å². The van der Waals surface area contributed by atoms with Crippen LogP contribution in [0.2, 0.25) is 0 Å². The molecule has 0 saturated carbocycles. The molecule has 1 unspecified atom stereocenters. The number of carbonyl (C=O) groups is 2. The summed E-state index contributed by atoms with van der Waals surface area (Å²) in [6, 6.07) is 0. The summed E-state index contributed by atoms with van der Waals surface area (Å²) < 4.78 is 0. The third-order valence-corrected chi connectivity index (χ3v) is 2.88. The first-order chi connectivity index (χ1) is 5.44. The Hall–Kier alpha value is -0.860. The van der Waals surface area contributed by atoms with Gasteiger partial charge < -0.3 is 5.32 Å². The Morgan fingerprint density at radius 1 is 1.42 bits per heavy atom. The molecular formula is C9H15NO2. The minimum atomic E-state index is -0.362. The summed E-state index contributed by atoms with van der Waals surface area (Å²) in [5.74, 6) is 0.124. The Bertz CT molecular complexity index is 221. The maximum absolute atomic E-state index is 11.5. The minimum absolute atomic E-state index is 0.0390. The van der Waals surface area contributed by atoms with E-state index in [-0.39, 0.29) is 29.4 Å². The number of rotatable bonds is 0. The molecule has 1 aliphatic rings. The summed E-state index contributed by atoms with van der Waals surface area (Å²) in [6.45, 7) is 6.40. The lowest BCUT2D eigenvalue weighted by Gasteiger charge is -2.26. The quantitative estimate of drug-likeness (QED) is 0.543. The predicted molar refractivity (Wildman–Crippen MR) is 45.6 cm³/mol. The molecule has 1 N–H and O–H groups in total. The number of hydrogen-bond acceptors (Lipinski definition) is 2. The molecule has 0 aromatic heterocycles. The van der Waals surface area contributed by atoms with Crippen molar-refractivity contribution in [3.05, 3.63) is 0 Å². The van der Waals surface area contributed by atoms with Crippen LogP contribution in [-0.4, -0.2) is 18.2 Å². The van der Waals surface area contributed by atoms with Gasteiger partial charge in [-0.3, -0.25) is 9.59 Å². The van der Waals surface area contributed by atoms with Gasteiger partial charge in [-0.15, -0.1) is 0 Å². The van der Waals surface area contributed by atoms with Crippen molar-refractivity contribution in [3.63, 3.8) is 0 Å². The van der Waals surface area contributed by atoms with Gasteiger partial charge in [-0.2, -0.15) is 0 Å². The van der Waals surface area contributed by atoms with E-state index in [0.29, 0.717) is 6.54 Å². The summed E-state index contributed by atoms with van der Waals surface area (Å²) in [5.41, 5.74) is -0.362. The number of ketones is 1. The second kappa shape index (κ2) is 2.88. The van der Waals surface area contributed by atoms with E-state index in [2.05, 4.69) is 5.32 Å². The number of carbonyl (C=O) groups excluding carboxylic acids is 2. The number of hydrogen-bond donors (Lipinski definition) is 1. The molecule has 0 bridgehead atoms. The fourth-order valence-electron chi connectivity index (χ4n) is 1.23. The molecule has 0 radical (unpaired) electrons. The average Bonchev–Trinajstić information content (AvgIpc) is 2.04. The molecule has 12 heavy (non-hydrogen) atoms. The van der Waals surface area contributed by atoms with E-state index in [0.717, 1.165) is 0 Å². The zero-order chi connectivity index (χ0) is 9.35. The van der Waals surface area contributed by atoms with Crippen molar-refractivity contribution in [2.75, 3.05) is 6.54 Å². The highest BCUT2D eigenvalue weighted by atomic mass is 16.2. The molecule has 3 heteroatoms. The Morgan fingerprint density at radius 2 is 2.00 bits per heavy atom. The van der Waals surface area contributed by atoms with Gasteiger partial charge in [-0.05, 0) is 5.92 Å². The van der Waals surface area contributed by atoms with Crippen LogP contribution in [0, 0.1) is 11.3 Å². The fourth-order valence-corrected chi connectivity index (χ4v) is 1.23. The largest absolute Gasteiger partial charge is 0.355 e. The minimum Gasteiger partial charge on any atom is -0.355 e. The normalized spacial score (nSPS) is 29.4. The van der Waals surface area contributed by atoms with Gasteiger partial charge in [0, 0.05) is 12.0 Å². The molecule has 1 rings (SSSR count). The van der Waals surface area contributed by atoms with Crippen LogP contribution < -0.4 is 5.32 Å². The van der Waals surface area contributed by atoms with E-state index in [9.17, 15) is 9.59 Å². The maximum Gasteiger partial charge on any atom is 0.227 e. The first-order valence-electron chi connectivity index (χ1n) is 4.24. The Morgan fingerprint density at radius 3 is 2.58 bits per heavy atom. The smallest absolute Gasteiger partial charge is 0.227 e. The standard InChI is InChI=1S/C9H15NO2/c1-6-5-10-8(12)4-7(11)9(6,2)3/h6H,4-5H2,1-3H3,(H,10,12). The van der Waals surface area contributed by atoms with Crippen LogP contribution in [0.5, 0.6) is 0 Å². The fraction of sp³-hybridized carbons (Fsp3) is 0.778. The van der Waals surface area contributed by atoms with Crippen molar-refractivity contribution in [2.24, 2.45) is 11.3 Å². The van der Waals surface area contributed by atoms with E-state index in [1.807, 2.05) is 20.8 Å². The topological polar surface area (TPSA) is 46.2 Å². The average molecular weight is 169 g/mol. The molecular weight excluding hydrogens is 154 g/mol. The number of nitrogens with one attached hydrogen (secondary N) is 1. The van der Waals surface area contributed by atoms with Crippen LogP contribution in [0.1, 0.15) is 27.2 Å². The lowest BCUT2D eigenvalue weighted by atomic mass is 9.76. The van der Waals surface area contributed by atoms with Crippen LogP contribution in [0.25, 0.3) is 0 Å². The summed E-state index contributed by atoms with van der Waals surface area (Å²) in [5, 5.41) is 2.72. The van der Waals surface area contributed by atoms with Crippen LogP contribution in [0.3, 0.4) is 0 Å². The summed E-state index contributed by atoms with van der Waals surface area (Å²) >= 11 is 0. The van der Waals surface area contributed by atoms with Gasteiger partial charge in [0.15, 0.2) is 0 Å². The first kappa shape index (κ1) is 9.23. The first-order valence-corrected chi connectivity index (χ1v) is 4.24. The van der Waals surface area contributed by atoms with Crippen molar-refractivity contribution >= 4 is 11.7 Å². The van der Waals surface area contributed by atoms with Crippen LogP contribution in [-0.2, 0) is 9.59 Å². The lowest BCUT2D eigenvalue weighted by molar-refractivity contribution is -0.132. The highest BCUT2D eigenvalue weighted by Gasteiger charge is 2.36. The van der Waals surface area contributed by atoms with Gasteiger partial charge in [-0.1, -0.05) is 20.8 Å². The monoisotopic (exact) mass is 169 g/mol. The molecule has 1 amide bonds. The van der Waals surface area contributed by atoms with E-state index < -0.39 is 0 Å². The molecule has 0 aliphatic carbocycles. The number of amides is 1. The molecule has 1 atom stereocenters. The molecule has 1 aliphatic heterocycles. The number of Topliss-reactive ketones (excluding diaryl/α,β-unsaturated/α-hetero) is 1. The second-order valence-corrected chi connectivity index (χ2v) is 4.03. The lowest BCUT2D eigenvalue weighted by Crippen LogP contribution is -2.32. The molecule has 1 saturated heterocycles. The van der Waals surface area contributed by atoms with Gasteiger partial charge in [0.1, 0.15) is 5.78 Å². The van der Waals surface area contributed by atoms with Crippen LogP contribution in [0.15, 0.2) is 0 Å². The Balaban J connectivity index is 2.86. The van der Waals surface area contributed by atoms with Gasteiger partial charge in [0.25, 0.3) is 0 Å². The highest BCUT2D eigenvalue weighted by molar-refractivity contribution is 6.01. The third-order valence-electron chi connectivity index (χ3n) is 2.88. The van der Waals surface area contributed by atoms with Gasteiger partial charge in [0.2, 0.25) is 5.91 Å². The zero-order valence-corrected chi connectivity index (χ0v) is 7.81. The van der Waals surface area contributed by atoms with Crippen molar-refractivity contribution in [1.29, 1.82) is 0 Å². The van der Waals surface area contributed by atoms with E-state index in [4.69, 9.17) is 0 Å². The molecule has 68 valence electrons. The molecule has 0 aromatic carbocycles. The summed E-state index contributed by atoms with van der Waals surface area (Å²) in [6.07, 6.45) is 0.0390. The molecule has 1 fully saturated rings. The van der Waals surface area contributed by atoms with Crippen LogP contribution in [0.4, 0.5) is 0 Å². The second-order valence-electron chi connectivity index (χ2n) is 4.03. The van der Waals surface area contributed by atoms with E-state index in [1.165, 1.54) is 0 Å². The third kappa shape index (κ3) is 1.49. The van der Waals surface area contributed by atoms with E-state index >= 15 is 0 Å². The zero-order valence-electron chi connectivity index (χ0n) is 7.81. The Kier molecular flexibility index (Phi) is 2.22. The van der Waals surface area contributed by atoms with Crippen molar-refractivity contribution < 1.29 is 9.59 Å². The molecule has 0 spiro atoms. The van der Waals surface area contributed by atoms with Crippen molar-refractivity contribution in [3.8, 4) is 0 Å². The SMILES string of the molecule is CC1CNC(=O)CC(=O)C1(C)C. The van der Waals surface area contributed by atoms with E-state index in [1.54, 1.807) is 0 Å². The van der Waals surface area contributed by atoms with Crippen LogP contribution >= 0.6 is 0 Å². The molecule has 1 heterocycles. The van der Waals surface area contributed by atoms with Gasteiger partial charge in [0.05, 0.1) is 6.42 Å². The van der Waals surface area contributed by atoms with Gasteiger partial charge >= 0.3 is 0 Å². The predicted octanol–water partition coefficient (Wildman–Crippen LogP) is 0.738. The van der Waals surface area contributed by atoms with Crippen molar-refractivity contribution in [2.45, 2.75) is 27.2 Å². The summed E-state index contributed by atoms with van der Waals surface area (Å²) in [4.78, 5) is 22.5. The molecule has 3 nitrogen and oxygen atoms in total. The Labute approximate surface area is 72.5 Å². The summed E-state index contributed by atoms with van der Waals surface area (Å²) in [7, 11) is 0. The molecule has 0 aromatic rings. The van der Waals surface area contributed by atoms with Gasteiger partial charge in [-0.25, -0.2) is 0 Å². The highest BCUT2D eigenvalue weighted by Crippen LogP contribution is 2.29. The maximum atomic E-state index is 11.5.